The number of aromatic nitrogens is 4. The van der Waals surface area contributed by atoms with Gasteiger partial charge in [-0.2, -0.15) is 13.2 Å². The number of aromatic hydroxyl groups is 1. The topological polar surface area (TPSA) is 121 Å². The second-order valence-electron chi connectivity index (χ2n) is 8.15. The van der Waals surface area contributed by atoms with Crippen molar-refractivity contribution in [2.24, 2.45) is 0 Å². The standard InChI is InChI=1S/C22H20F3N7O3/c1-12-10-31(6-4-26-12)21(34)14-3-2-13(8-17(14)33)29-19-20-28-9-16(32(20)7-5-27-19)15-11-35-30-18(15)22(23,24)25/h2-3,5,7-9,11-12,26,33H,4,6,10H2,1H3,(H,27,29)/t12-/m0/s1. The summed E-state index contributed by atoms with van der Waals surface area (Å²) in [6.45, 7) is 3.73. The van der Waals surface area contributed by atoms with E-state index < -0.39 is 11.9 Å². The molecule has 0 aliphatic carbocycles. The van der Waals surface area contributed by atoms with Crippen molar-refractivity contribution in [3.8, 4) is 17.0 Å². The third-order valence-corrected chi connectivity index (χ3v) is 5.69. The smallest absolute Gasteiger partial charge is 0.437 e. The van der Waals surface area contributed by atoms with Crippen LogP contribution in [0.5, 0.6) is 5.75 Å². The quantitative estimate of drug-likeness (QED) is 0.401. The molecule has 0 unspecified atom stereocenters. The monoisotopic (exact) mass is 487 g/mol. The van der Waals surface area contributed by atoms with E-state index in [-0.39, 0.29) is 46.0 Å². The lowest BCUT2D eigenvalue weighted by molar-refractivity contribution is -0.142. The van der Waals surface area contributed by atoms with Crippen LogP contribution in [0.4, 0.5) is 24.7 Å². The van der Waals surface area contributed by atoms with Crippen molar-refractivity contribution < 1.29 is 27.6 Å². The Balaban J connectivity index is 1.42. The maximum atomic E-state index is 13.3. The first-order chi connectivity index (χ1) is 16.7. The fraction of sp³-hybridized carbons (Fsp3) is 0.273. The van der Waals surface area contributed by atoms with Gasteiger partial charge < -0.3 is 25.2 Å². The van der Waals surface area contributed by atoms with E-state index in [1.165, 1.54) is 35.1 Å². The van der Waals surface area contributed by atoms with E-state index in [0.29, 0.717) is 25.3 Å². The zero-order chi connectivity index (χ0) is 24.7. The molecule has 0 spiro atoms. The third kappa shape index (κ3) is 4.25. The summed E-state index contributed by atoms with van der Waals surface area (Å²) in [5.74, 6) is -0.241. The highest BCUT2D eigenvalue weighted by Crippen LogP contribution is 2.37. The van der Waals surface area contributed by atoms with E-state index >= 15 is 0 Å². The van der Waals surface area contributed by atoms with Gasteiger partial charge in [-0.3, -0.25) is 9.20 Å². The first-order valence-electron chi connectivity index (χ1n) is 10.7. The maximum absolute atomic E-state index is 13.3. The summed E-state index contributed by atoms with van der Waals surface area (Å²) in [4.78, 5) is 22.9. The normalized spacial score (nSPS) is 16.6. The zero-order valence-electron chi connectivity index (χ0n) is 18.4. The summed E-state index contributed by atoms with van der Waals surface area (Å²) in [5, 5.41) is 19.8. The lowest BCUT2D eigenvalue weighted by atomic mass is 10.1. The van der Waals surface area contributed by atoms with Crippen LogP contribution in [0.3, 0.4) is 0 Å². The summed E-state index contributed by atoms with van der Waals surface area (Å²) in [6, 6.07) is 4.66. The molecule has 182 valence electrons. The Morgan fingerprint density at radius 1 is 1.31 bits per heavy atom. The highest BCUT2D eigenvalue weighted by Gasteiger charge is 2.38. The van der Waals surface area contributed by atoms with Crippen LogP contribution in [0, 0.1) is 0 Å². The number of hydrogen-bond donors (Lipinski definition) is 3. The average Bonchev–Trinajstić information content (AvgIpc) is 3.46. The van der Waals surface area contributed by atoms with Gasteiger partial charge in [-0.15, -0.1) is 0 Å². The van der Waals surface area contributed by atoms with Gasteiger partial charge in [0.2, 0.25) is 0 Å². The molecule has 1 amide bonds. The molecule has 13 heteroatoms. The Kier molecular flexibility index (Phi) is 5.55. The van der Waals surface area contributed by atoms with Gasteiger partial charge in [-0.25, -0.2) is 9.97 Å². The van der Waals surface area contributed by atoms with Gasteiger partial charge in [-0.1, -0.05) is 5.16 Å². The Morgan fingerprint density at radius 3 is 2.89 bits per heavy atom. The Labute approximate surface area is 196 Å². The predicted molar refractivity (Wildman–Crippen MR) is 118 cm³/mol. The van der Waals surface area contributed by atoms with E-state index in [9.17, 15) is 23.1 Å². The number of alkyl halides is 3. The number of anilines is 2. The summed E-state index contributed by atoms with van der Waals surface area (Å²) < 4.78 is 45.8. The van der Waals surface area contributed by atoms with Crippen molar-refractivity contribution in [1.82, 2.24) is 29.7 Å². The van der Waals surface area contributed by atoms with E-state index in [0.717, 1.165) is 6.26 Å². The molecular weight excluding hydrogens is 467 g/mol. The van der Waals surface area contributed by atoms with Crippen molar-refractivity contribution in [1.29, 1.82) is 0 Å². The summed E-state index contributed by atoms with van der Waals surface area (Å²) in [5.41, 5.74) is -0.469. The first kappa shape index (κ1) is 22.7. The predicted octanol–water partition coefficient (Wildman–Crippen LogP) is 3.29. The van der Waals surface area contributed by atoms with Crippen LogP contribution < -0.4 is 10.6 Å². The van der Waals surface area contributed by atoms with Gasteiger partial charge in [-0.05, 0) is 19.1 Å². The molecule has 1 aromatic carbocycles. The number of benzene rings is 1. The number of rotatable bonds is 4. The second-order valence-corrected chi connectivity index (χ2v) is 8.15. The van der Waals surface area contributed by atoms with Crippen molar-refractivity contribution in [3.05, 3.63) is 54.3 Å². The van der Waals surface area contributed by atoms with Gasteiger partial charge in [0.1, 0.15) is 12.0 Å². The molecule has 3 aromatic heterocycles. The highest BCUT2D eigenvalue weighted by molar-refractivity contribution is 5.97. The number of phenols is 1. The zero-order valence-corrected chi connectivity index (χ0v) is 18.4. The minimum Gasteiger partial charge on any atom is -0.507 e. The molecular formula is C22H20F3N7O3. The lowest BCUT2D eigenvalue weighted by Gasteiger charge is -2.32. The Hall–Kier alpha value is -4.13. The Bertz CT molecular complexity index is 1400. The van der Waals surface area contributed by atoms with Gasteiger partial charge in [0, 0.05) is 49.8 Å². The molecule has 4 heterocycles. The van der Waals surface area contributed by atoms with E-state index in [1.54, 1.807) is 11.0 Å². The van der Waals surface area contributed by atoms with E-state index in [1.807, 2.05) is 6.92 Å². The maximum Gasteiger partial charge on any atom is 0.437 e. The molecule has 10 nitrogen and oxygen atoms in total. The number of halogens is 3. The summed E-state index contributed by atoms with van der Waals surface area (Å²) >= 11 is 0. The average molecular weight is 487 g/mol. The molecule has 5 rings (SSSR count). The Morgan fingerprint density at radius 2 is 2.14 bits per heavy atom. The van der Waals surface area contributed by atoms with Gasteiger partial charge in [0.15, 0.2) is 17.2 Å². The number of phenolic OH excluding ortho intramolecular Hbond substituents is 1. The minimum atomic E-state index is -4.69. The summed E-state index contributed by atoms with van der Waals surface area (Å²) in [7, 11) is 0. The van der Waals surface area contributed by atoms with Crippen molar-refractivity contribution in [2.75, 3.05) is 25.0 Å². The lowest BCUT2D eigenvalue weighted by Crippen LogP contribution is -2.51. The molecule has 0 radical (unpaired) electrons. The third-order valence-electron chi connectivity index (χ3n) is 5.69. The largest absolute Gasteiger partial charge is 0.507 e. The van der Waals surface area contributed by atoms with Gasteiger partial charge >= 0.3 is 6.18 Å². The van der Waals surface area contributed by atoms with Crippen LogP contribution in [-0.2, 0) is 6.18 Å². The number of carbonyl (C=O) groups is 1. The molecule has 1 aliphatic rings. The van der Waals surface area contributed by atoms with E-state index in [4.69, 9.17) is 0 Å². The number of nitrogens with one attached hydrogen (secondary N) is 2. The van der Waals surface area contributed by atoms with Crippen LogP contribution in [-0.4, -0.2) is 61.1 Å². The van der Waals surface area contributed by atoms with Crippen LogP contribution in [0.2, 0.25) is 0 Å². The van der Waals surface area contributed by atoms with Crippen LogP contribution >= 0.6 is 0 Å². The number of piperazine rings is 1. The molecule has 1 aliphatic heterocycles. The van der Waals surface area contributed by atoms with Gasteiger partial charge in [0.05, 0.1) is 23.0 Å². The fourth-order valence-corrected chi connectivity index (χ4v) is 4.04. The number of nitrogens with zero attached hydrogens (tertiary/aromatic N) is 5. The molecule has 4 aromatic rings. The molecule has 0 bridgehead atoms. The van der Waals surface area contributed by atoms with Gasteiger partial charge in [0.25, 0.3) is 5.91 Å². The number of carbonyl (C=O) groups excluding carboxylic acids is 1. The molecule has 1 atom stereocenters. The molecule has 35 heavy (non-hydrogen) atoms. The second kappa shape index (κ2) is 8.58. The number of imidazole rings is 1. The molecule has 1 saturated heterocycles. The van der Waals surface area contributed by atoms with E-state index in [2.05, 4.69) is 30.3 Å². The van der Waals surface area contributed by atoms with Crippen molar-refractivity contribution in [3.63, 3.8) is 0 Å². The minimum absolute atomic E-state index is 0.119. The van der Waals surface area contributed by atoms with Crippen molar-refractivity contribution >= 4 is 23.1 Å². The van der Waals surface area contributed by atoms with Crippen LogP contribution in [0.1, 0.15) is 23.0 Å². The van der Waals surface area contributed by atoms with Crippen molar-refractivity contribution in [2.45, 2.75) is 19.1 Å². The number of fused-ring (bicyclic) bond motifs is 1. The fourth-order valence-electron chi connectivity index (χ4n) is 4.04. The molecule has 0 saturated carbocycles. The molecule has 1 fully saturated rings. The van der Waals surface area contributed by atoms with Crippen LogP contribution in [0.15, 0.2) is 47.6 Å². The summed E-state index contributed by atoms with van der Waals surface area (Å²) in [6.07, 6.45) is 0.332. The SMILES string of the molecule is C[C@H]1CN(C(=O)c2ccc(Nc3nccn4c(-c5conc5C(F)(F)F)cnc34)cc2O)CCN1. The first-order valence-corrected chi connectivity index (χ1v) is 10.7. The number of amides is 1. The van der Waals surface area contributed by atoms with Crippen LogP contribution in [0.25, 0.3) is 16.9 Å². The molecule has 3 N–H and O–H groups in total. The highest BCUT2D eigenvalue weighted by atomic mass is 19.4. The number of hydrogen-bond acceptors (Lipinski definition) is 8.